The molecule has 0 radical (unpaired) electrons. The number of fused-ring (bicyclic) bond motifs is 1. The summed E-state index contributed by atoms with van der Waals surface area (Å²) in [5.74, 6) is -0.517. The number of aromatic nitrogens is 1. The van der Waals surface area contributed by atoms with Gasteiger partial charge in [-0.1, -0.05) is 23.5 Å². The number of amides is 1. The Labute approximate surface area is 180 Å². The first-order valence-electron chi connectivity index (χ1n) is 8.94. The molecule has 0 fully saturated rings. The van der Waals surface area contributed by atoms with E-state index in [-0.39, 0.29) is 11.7 Å². The van der Waals surface area contributed by atoms with E-state index in [2.05, 4.69) is 9.72 Å². The first-order valence-corrected chi connectivity index (χ1v) is 11.0. The van der Waals surface area contributed by atoms with Gasteiger partial charge in [-0.05, 0) is 44.6 Å². The average Bonchev–Trinajstić information content (AvgIpc) is 3.09. The highest BCUT2D eigenvalue weighted by molar-refractivity contribution is 7.98. The number of anilines is 1. The van der Waals surface area contributed by atoms with Crippen LogP contribution in [0.25, 0.3) is 10.2 Å². The fourth-order valence-corrected chi connectivity index (χ4v) is 4.36. The van der Waals surface area contributed by atoms with Gasteiger partial charge < -0.3 is 9.64 Å². The number of halogens is 3. The molecule has 1 amide bonds. The molecule has 0 bridgehead atoms. The van der Waals surface area contributed by atoms with Crippen molar-refractivity contribution < 1.29 is 22.7 Å². The van der Waals surface area contributed by atoms with E-state index < -0.39 is 6.36 Å². The summed E-state index contributed by atoms with van der Waals surface area (Å²) in [6.45, 7) is 0.992. The van der Waals surface area contributed by atoms with E-state index >= 15 is 0 Å². The molecular formula is C20H20F3N3O2S2. The van der Waals surface area contributed by atoms with Gasteiger partial charge in [0.05, 0.1) is 15.8 Å². The van der Waals surface area contributed by atoms with Gasteiger partial charge in [-0.2, -0.15) is 0 Å². The van der Waals surface area contributed by atoms with Crippen LogP contribution in [-0.4, -0.2) is 55.6 Å². The fraction of sp³-hybridized carbons (Fsp3) is 0.300. The van der Waals surface area contributed by atoms with Crippen molar-refractivity contribution in [3.8, 4) is 5.75 Å². The van der Waals surface area contributed by atoms with Crippen molar-refractivity contribution in [3.63, 3.8) is 0 Å². The number of benzene rings is 2. The predicted octanol–water partition coefficient (Wildman–Crippen LogP) is 5.13. The molecule has 0 aliphatic rings. The van der Waals surface area contributed by atoms with Crippen LogP contribution in [0.1, 0.15) is 10.4 Å². The lowest BCUT2D eigenvalue weighted by Gasteiger charge is -2.22. The normalized spacial score (nSPS) is 11.8. The van der Waals surface area contributed by atoms with Gasteiger partial charge in [0.2, 0.25) is 0 Å². The highest BCUT2D eigenvalue weighted by Gasteiger charge is 2.31. The Kier molecular flexibility index (Phi) is 6.89. The molecule has 5 nitrogen and oxygen atoms in total. The van der Waals surface area contributed by atoms with Gasteiger partial charge in [0.1, 0.15) is 5.75 Å². The molecule has 0 spiro atoms. The summed E-state index contributed by atoms with van der Waals surface area (Å²) in [5, 5.41) is 0.428. The second kappa shape index (κ2) is 9.23. The minimum absolute atomic E-state index is 0.201. The molecule has 0 saturated carbocycles. The van der Waals surface area contributed by atoms with Gasteiger partial charge in [-0.3, -0.25) is 9.69 Å². The summed E-state index contributed by atoms with van der Waals surface area (Å²) in [6, 6.07) is 11.3. The number of alkyl halides is 3. The SMILES string of the molecule is CSc1ccccc1C(=O)N(CCN(C)C)c1nc2ccc(OC(F)(F)F)cc2s1. The van der Waals surface area contributed by atoms with Crippen LogP contribution in [0.4, 0.5) is 18.3 Å². The Hall–Kier alpha value is -2.30. The highest BCUT2D eigenvalue weighted by atomic mass is 32.2. The molecule has 10 heteroatoms. The van der Waals surface area contributed by atoms with Gasteiger partial charge in [0.15, 0.2) is 5.13 Å². The molecule has 0 saturated heterocycles. The Balaban J connectivity index is 1.98. The summed E-state index contributed by atoms with van der Waals surface area (Å²) in [6.07, 6.45) is -2.87. The van der Waals surface area contributed by atoms with Crippen LogP contribution in [0.3, 0.4) is 0 Å². The third-order valence-corrected chi connectivity index (χ3v) is 6.00. The lowest BCUT2D eigenvalue weighted by molar-refractivity contribution is -0.274. The Morgan fingerprint density at radius 3 is 2.57 bits per heavy atom. The summed E-state index contributed by atoms with van der Waals surface area (Å²) in [5.41, 5.74) is 1.06. The number of likely N-dealkylation sites (N-methyl/N-ethyl adjacent to an activating group) is 1. The standard InChI is InChI=1S/C20H20F3N3O2S2/c1-25(2)10-11-26(18(27)14-6-4-5-7-16(14)29-3)19-24-15-9-8-13(12-17(15)30-19)28-20(21,22)23/h4-9,12H,10-11H2,1-3H3. The number of nitrogens with zero attached hydrogens (tertiary/aromatic N) is 3. The van der Waals surface area contributed by atoms with E-state index in [1.54, 1.807) is 17.0 Å². The number of carbonyl (C=O) groups excluding carboxylic acids is 1. The lowest BCUT2D eigenvalue weighted by atomic mass is 10.2. The Bertz CT molecular complexity index is 1040. The monoisotopic (exact) mass is 455 g/mol. The molecule has 0 N–H and O–H groups in total. The minimum Gasteiger partial charge on any atom is -0.406 e. The van der Waals surface area contributed by atoms with Crippen LogP contribution in [0.15, 0.2) is 47.4 Å². The van der Waals surface area contributed by atoms with E-state index in [1.165, 1.54) is 30.0 Å². The van der Waals surface area contributed by atoms with Crippen LogP contribution < -0.4 is 9.64 Å². The summed E-state index contributed by atoms with van der Waals surface area (Å²) in [7, 11) is 3.80. The fourth-order valence-electron chi connectivity index (χ4n) is 2.76. The number of hydrogen-bond donors (Lipinski definition) is 0. The molecule has 0 unspecified atom stereocenters. The second-order valence-corrected chi connectivity index (χ2v) is 8.49. The van der Waals surface area contributed by atoms with Crippen molar-refractivity contribution in [1.82, 2.24) is 9.88 Å². The third kappa shape index (κ3) is 5.44. The number of carbonyl (C=O) groups is 1. The van der Waals surface area contributed by atoms with Gasteiger partial charge in [0, 0.05) is 24.1 Å². The molecule has 2 aromatic carbocycles. The second-order valence-electron chi connectivity index (χ2n) is 6.63. The summed E-state index contributed by atoms with van der Waals surface area (Å²) in [4.78, 5) is 22.2. The topological polar surface area (TPSA) is 45.7 Å². The third-order valence-electron chi connectivity index (χ3n) is 4.17. The Morgan fingerprint density at radius 2 is 1.90 bits per heavy atom. The largest absolute Gasteiger partial charge is 0.573 e. The first kappa shape index (κ1) is 22.4. The maximum absolute atomic E-state index is 13.4. The molecule has 1 aromatic heterocycles. The zero-order valence-electron chi connectivity index (χ0n) is 16.6. The van der Waals surface area contributed by atoms with Gasteiger partial charge >= 0.3 is 6.36 Å². The van der Waals surface area contributed by atoms with Crippen LogP contribution >= 0.6 is 23.1 Å². The number of ether oxygens (including phenoxy) is 1. The van der Waals surface area contributed by atoms with Crippen LogP contribution in [0, 0.1) is 0 Å². The number of hydrogen-bond acceptors (Lipinski definition) is 6. The van der Waals surface area contributed by atoms with E-state index in [9.17, 15) is 18.0 Å². The van der Waals surface area contributed by atoms with Crippen LogP contribution in [0.2, 0.25) is 0 Å². The molecule has 1 heterocycles. The van der Waals surface area contributed by atoms with Crippen molar-refractivity contribution in [2.24, 2.45) is 0 Å². The van der Waals surface area contributed by atoms with Gasteiger partial charge in [-0.25, -0.2) is 4.98 Å². The summed E-state index contributed by atoms with van der Waals surface area (Å²) >= 11 is 2.63. The van der Waals surface area contributed by atoms with Crippen molar-refractivity contribution in [1.29, 1.82) is 0 Å². The van der Waals surface area contributed by atoms with E-state index in [0.29, 0.717) is 34.0 Å². The van der Waals surface area contributed by atoms with E-state index in [0.717, 1.165) is 16.2 Å². The van der Waals surface area contributed by atoms with Gasteiger partial charge in [-0.15, -0.1) is 24.9 Å². The minimum atomic E-state index is -4.77. The molecule has 0 aliphatic carbocycles. The van der Waals surface area contributed by atoms with Crippen LogP contribution in [-0.2, 0) is 0 Å². The molecule has 3 aromatic rings. The number of thiazole rings is 1. The van der Waals surface area contributed by atoms with Crippen LogP contribution in [0.5, 0.6) is 5.75 Å². The zero-order chi connectivity index (χ0) is 21.9. The number of rotatable bonds is 7. The van der Waals surface area contributed by atoms with E-state index in [4.69, 9.17) is 0 Å². The zero-order valence-corrected chi connectivity index (χ0v) is 18.2. The predicted molar refractivity (Wildman–Crippen MR) is 115 cm³/mol. The highest BCUT2D eigenvalue weighted by Crippen LogP contribution is 2.34. The molecule has 0 atom stereocenters. The smallest absolute Gasteiger partial charge is 0.406 e. The molecular weight excluding hydrogens is 435 g/mol. The molecule has 3 rings (SSSR count). The Morgan fingerprint density at radius 1 is 1.17 bits per heavy atom. The van der Waals surface area contributed by atoms with Crippen molar-refractivity contribution >= 4 is 44.4 Å². The average molecular weight is 456 g/mol. The first-order chi connectivity index (χ1) is 14.2. The lowest BCUT2D eigenvalue weighted by Crippen LogP contribution is -2.37. The molecule has 30 heavy (non-hydrogen) atoms. The molecule has 160 valence electrons. The van der Waals surface area contributed by atoms with Crippen molar-refractivity contribution in [2.45, 2.75) is 11.3 Å². The maximum atomic E-state index is 13.4. The van der Waals surface area contributed by atoms with E-state index in [1.807, 2.05) is 37.4 Å². The van der Waals surface area contributed by atoms with Crippen molar-refractivity contribution in [2.75, 3.05) is 38.3 Å². The maximum Gasteiger partial charge on any atom is 0.573 e. The summed E-state index contributed by atoms with van der Waals surface area (Å²) < 4.78 is 42.1. The number of thioether (sulfide) groups is 1. The molecule has 0 aliphatic heterocycles. The van der Waals surface area contributed by atoms with Gasteiger partial charge in [0.25, 0.3) is 5.91 Å². The van der Waals surface area contributed by atoms with Crippen molar-refractivity contribution in [3.05, 3.63) is 48.0 Å². The quantitative estimate of drug-likeness (QED) is 0.463.